The summed E-state index contributed by atoms with van der Waals surface area (Å²) in [5, 5.41) is 0. The van der Waals surface area contributed by atoms with Crippen LogP contribution in [0.25, 0.3) is 6.08 Å². The van der Waals surface area contributed by atoms with Crippen molar-refractivity contribution >= 4 is 13.1 Å². The second-order valence-corrected chi connectivity index (χ2v) is 2.72. The fraction of sp³-hybridized carbons (Fsp3) is 0.125. The van der Waals surface area contributed by atoms with Gasteiger partial charge < -0.3 is 12.9 Å². The van der Waals surface area contributed by atoms with E-state index >= 15 is 0 Å². The van der Waals surface area contributed by atoms with Crippen molar-refractivity contribution in [2.24, 2.45) is 0 Å². The molecule has 0 amide bonds. The average molecular weight is 225 g/mol. The Hall–Kier alpha value is 0.381. The van der Waals surface area contributed by atoms with Crippen molar-refractivity contribution in [3.05, 3.63) is 35.6 Å². The fourth-order valence-electron chi connectivity index (χ4n) is 0.798. The molecular formula is C8H8BF3KN. The number of rotatable bonds is 2. The molecule has 0 bridgehead atoms. The molecule has 1 rings (SSSR count). The Labute approximate surface area is 123 Å². The molecule has 6 heteroatoms. The maximum Gasteiger partial charge on any atom is 1.00 e. The molecule has 0 atom stereocenters. The van der Waals surface area contributed by atoms with Crippen molar-refractivity contribution in [3.8, 4) is 0 Å². The maximum absolute atomic E-state index is 11.8. The number of pyridine rings is 1. The molecule has 1 aromatic heterocycles. The first-order valence-corrected chi connectivity index (χ1v) is 3.79. The largest absolute Gasteiger partial charge is 1.00 e. The molecule has 0 unspecified atom stereocenters. The van der Waals surface area contributed by atoms with Gasteiger partial charge in [0.1, 0.15) is 0 Å². The van der Waals surface area contributed by atoms with Crippen LogP contribution in [-0.2, 0) is 0 Å². The van der Waals surface area contributed by atoms with Crippen LogP contribution in [0.4, 0.5) is 12.9 Å². The summed E-state index contributed by atoms with van der Waals surface area (Å²) < 4.78 is 35.3. The molecule has 14 heavy (non-hydrogen) atoms. The summed E-state index contributed by atoms with van der Waals surface area (Å²) in [5.41, 5.74) is 1.25. The topological polar surface area (TPSA) is 12.9 Å². The van der Waals surface area contributed by atoms with E-state index in [-0.39, 0.29) is 57.4 Å². The van der Waals surface area contributed by atoms with Crippen molar-refractivity contribution < 1.29 is 64.3 Å². The zero-order chi connectivity index (χ0) is 9.90. The van der Waals surface area contributed by atoms with Gasteiger partial charge in [0.2, 0.25) is 0 Å². The summed E-state index contributed by atoms with van der Waals surface area (Å²) in [6.45, 7) is -3.07. The van der Waals surface area contributed by atoms with Gasteiger partial charge >= 0.3 is 58.4 Å². The van der Waals surface area contributed by atoms with Crippen molar-refractivity contribution in [1.82, 2.24) is 4.98 Å². The van der Waals surface area contributed by atoms with Crippen molar-refractivity contribution in [3.63, 3.8) is 0 Å². The standard InChI is InChI=1S/C8H8BF3N.K/c1-7-2-3-8(6-13-7)4-5-9(10,11)12;/h2-6H,1H3;/q-1;+1/b5-4+;. The summed E-state index contributed by atoms with van der Waals surface area (Å²) in [7, 11) is 0. The van der Waals surface area contributed by atoms with Gasteiger partial charge in [0, 0.05) is 11.9 Å². The van der Waals surface area contributed by atoms with Crippen LogP contribution < -0.4 is 51.4 Å². The number of aromatic nitrogens is 1. The smallest absolute Gasteiger partial charge is 0.445 e. The Kier molecular flexibility index (Phi) is 6.24. The predicted octanol–water partition coefficient (Wildman–Crippen LogP) is -0.206. The van der Waals surface area contributed by atoms with E-state index in [1.165, 1.54) is 6.20 Å². The second-order valence-electron chi connectivity index (χ2n) is 2.72. The van der Waals surface area contributed by atoms with E-state index in [2.05, 4.69) is 4.98 Å². The van der Waals surface area contributed by atoms with Crippen LogP contribution in [0, 0.1) is 6.92 Å². The zero-order valence-electron chi connectivity index (χ0n) is 8.05. The Balaban J connectivity index is 0.00000169. The summed E-state index contributed by atoms with van der Waals surface area (Å²) in [4.78, 5) is 3.87. The van der Waals surface area contributed by atoms with Crippen LogP contribution in [0.15, 0.2) is 24.3 Å². The minimum absolute atomic E-state index is 0. The molecule has 0 spiro atoms. The number of nitrogens with zero attached hydrogens (tertiary/aromatic N) is 1. The molecular weight excluding hydrogens is 217 g/mol. The third kappa shape index (κ3) is 5.98. The molecule has 0 aromatic carbocycles. The fourth-order valence-corrected chi connectivity index (χ4v) is 0.798. The van der Waals surface area contributed by atoms with Gasteiger partial charge in [-0.05, 0) is 18.6 Å². The van der Waals surface area contributed by atoms with Gasteiger partial charge in [0.05, 0.1) is 0 Å². The summed E-state index contributed by atoms with van der Waals surface area (Å²) in [6.07, 6.45) is 2.43. The third-order valence-corrected chi connectivity index (χ3v) is 1.44. The van der Waals surface area contributed by atoms with Crippen molar-refractivity contribution in [1.29, 1.82) is 0 Å². The minimum Gasteiger partial charge on any atom is -0.445 e. The van der Waals surface area contributed by atoms with Crippen molar-refractivity contribution in [2.75, 3.05) is 0 Å². The van der Waals surface area contributed by atoms with E-state index in [4.69, 9.17) is 0 Å². The predicted molar refractivity (Wildman–Crippen MR) is 47.1 cm³/mol. The molecule has 0 aliphatic carbocycles. The van der Waals surface area contributed by atoms with Crippen LogP contribution in [-0.4, -0.2) is 12.0 Å². The van der Waals surface area contributed by atoms with E-state index in [1.807, 2.05) is 0 Å². The quantitative estimate of drug-likeness (QED) is 0.635. The maximum atomic E-state index is 11.8. The van der Waals surface area contributed by atoms with Gasteiger partial charge in [0.25, 0.3) is 0 Å². The van der Waals surface area contributed by atoms with Crippen LogP contribution in [0.2, 0.25) is 0 Å². The third-order valence-electron chi connectivity index (χ3n) is 1.44. The monoisotopic (exact) mass is 225 g/mol. The van der Waals surface area contributed by atoms with Crippen LogP contribution >= 0.6 is 0 Å². The van der Waals surface area contributed by atoms with Gasteiger partial charge in [0.15, 0.2) is 0 Å². The van der Waals surface area contributed by atoms with Crippen LogP contribution in [0.5, 0.6) is 0 Å². The Bertz CT molecular complexity index is 307. The number of hydrogen-bond donors (Lipinski definition) is 0. The normalized spacial score (nSPS) is 11.4. The van der Waals surface area contributed by atoms with Gasteiger partial charge in [-0.3, -0.25) is 4.98 Å². The molecule has 70 valence electrons. The van der Waals surface area contributed by atoms with Crippen LogP contribution in [0.1, 0.15) is 11.3 Å². The first kappa shape index (κ1) is 14.4. The number of halogens is 3. The second kappa shape index (κ2) is 6.07. The molecule has 0 N–H and O–H groups in total. The molecule has 0 fully saturated rings. The molecule has 1 aromatic rings. The molecule has 1 heterocycles. The van der Waals surface area contributed by atoms with E-state index < -0.39 is 6.98 Å². The van der Waals surface area contributed by atoms with Crippen molar-refractivity contribution in [2.45, 2.75) is 6.92 Å². The van der Waals surface area contributed by atoms with Gasteiger partial charge in [-0.25, -0.2) is 0 Å². The average Bonchev–Trinajstić information content (AvgIpc) is 2.02. The van der Waals surface area contributed by atoms with E-state index in [1.54, 1.807) is 19.1 Å². The molecule has 0 aliphatic heterocycles. The Morgan fingerprint density at radius 3 is 2.36 bits per heavy atom. The first-order valence-electron chi connectivity index (χ1n) is 3.79. The molecule has 0 saturated carbocycles. The Morgan fingerprint density at radius 2 is 1.93 bits per heavy atom. The van der Waals surface area contributed by atoms with E-state index in [0.29, 0.717) is 5.56 Å². The number of aryl methyl sites for hydroxylation is 1. The van der Waals surface area contributed by atoms with Gasteiger partial charge in [-0.1, -0.05) is 12.1 Å². The SMILES string of the molecule is Cc1ccc(/C=C/[B-](F)(F)F)cn1.[K+]. The molecule has 1 nitrogen and oxygen atoms in total. The first-order chi connectivity index (χ1) is 5.97. The van der Waals surface area contributed by atoms with Gasteiger partial charge in [-0.15, -0.1) is 5.98 Å². The summed E-state index contributed by atoms with van der Waals surface area (Å²) >= 11 is 0. The number of hydrogen-bond acceptors (Lipinski definition) is 1. The Morgan fingerprint density at radius 1 is 1.29 bits per heavy atom. The summed E-state index contributed by atoms with van der Waals surface area (Å²) in [5.74, 6) is 0.256. The zero-order valence-corrected chi connectivity index (χ0v) is 11.2. The molecule has 0 aliphatic rings. The van der Waals surface area contributed by atoms with Gasteiger partial charge in [-0.2, -0.15) is 0 Å². The molecule has 0 saturated heterocycles. The van der Waals surface area contributed by atoms with E-state index in [0.717, 1.165) is 11.8 Å². The van der Waals surface area contributed by atoms with Crippen LogP contribution in [0.3, 0.4) is 0 Å². The van der Waals surface area contributed by atoms with E-state index in [9.17, 15) is 12.9 Å². The minimum atomic E-state index is -4.85. The summed E-state index contributed by atoms with van der Waals surface area (Å²) in [6, 6.07) is 3.27. The molecule has 0 radical (unpaired) electrons.